The van der Waals surface area contributed by atoms with Gasteiger partial charge in [-0.3, -0.25) is 0 Å². The van der Waals surface area contributed by atoms with E-state index in [0.717, 1.165) is 12.1 Å². The van der Waals surface area contributed by atoms with Gasteiger partial charge in [-0.25, -0.2) is 4.39 Å². The van der Waals surface area contributed by atoms with Crippen LogP contribution in [0.4, 0.5) is 4.39 Å². The lowest BCUT2D eigenvalue weighted by Gasteiger charge is -2.46. The van der Waals surface area contributed by atoms with Gasteiger partial charge in [0.05, 0.1) is 0 Å². The predicted molar refractivity (Wildman–Crippen MR) is 55.9 cm³/mol. The van der Waals surface area contributed by atoms with Crippen LogP contribution < -0.4 is 5.32 Å². The molecule has 3 heteroatoms. The molecule has 1 aliphatic rings. The van der Waals surface area contributed by atoms with E-state index in [4.69, 9.17) is 11.6 Å². The topological polar surface area (TPSA) is 12.0 Å². The molecule has 1 nitrogen and oxygen atoms in total. The van der Waals surface area contributed by atoms with Crippen LogP contribution in [0.25, 0.3) is 0 Å². The molecule has 1 fully saturated rings. The lowest BCUT2D eigenvalue weighted by molar-refractivity contribution is 0.128. The van der Waals surface area contributed by atoms with Gasteiger partial charge in [-0.2, -0.15) is 0 Å². The third-order valence-electron chi connectivity index (χ3n) is 2.76. The second-order valence-electron chi connectivity index (χ2n) is 4.51. The van der Waals surface area contributed by atoms with Gasteiger partial charge in [0, 0.05) is 17.6 Å². The summed E-state index contributed by atoms with van der Waals surface area (Å²) < 4.78 is 13.1. The van der Waals surface area contributed by atoms with E-state index in [1.807, 2.05) is 6.07 Å². The highest BCUT2D eigenvalue weighted by molar-refractivity contribution is 6.30. The summed E-state index contributed by atoms with van der Waals surface area (Å²) in [6.45, 7) is 5.28. The van der Waals surface area contributed by atoms with Gasteiger partial charge in [0.1, 0.15) is 5.82 Å². The van der Waals surface area contributed by atoms with E-state index in [1.54, 1.807) is 6.07 Å². The van der Waals surface area contributed by atoms with Gasteiger partial charge < -0.3 is 5.32 Å². The minimum absolute atomic E-state index is 0.192. The summed E-state index contributed by atoms with van der Waals surface area (Å²) in [6, 6.07) is 4.92. The van der Waals surface area contributed by atoms with Crippen molar-refractivity contribution in [3.63, 3.8) is 0 Å². The molecule has 0 saturated carbocycles. The molecule has 0 amide bonds. The molecule has 1 saturated heterocycles. The molecule has 0 aromatic heterocycles. The molecule has 0 radical (unpaired) electrons. The highest BCUT2D eigenvalue weighted by Crippen LogP contribution is 2.40. The number of rotatable bonds is 1. The maximum Gasteiger partial charge on any atom is 0.125 e. The summed E-state index contributed by atoms with van der Waals surface area (Å²) in [5.41, 5.74) is 1.13. The minimum Gasteiger partial charge on any atom is -0.309 e. The molecule has 1 atom stereocenters. The number of hydrogen-bond acceptors (Lipinski definition) is 1. The van der Waals surface area contributed by atoms with E-state index >= 15 is 0 Å². The van der Waals surface area contributed by atoms with Crippen LogP contribution in [0.1, 0.15) is 25.5 Å². The van der Waals surface area contributed by atoms with Crippen molar-refractivity contribution in [3.05, 3.63) is 34.6 Å². The second-order valence-corrected chi connectivity index (χ2v) is 4.94. The first-order valence-corrected chi connectivity index (χ1v) is 5.06. The van der Waals surface area contributed by atoms with Gasteiger partial charge in [-0.15, -0.1) is 0 Å². The van der Waals surface area contributed by atoms with E-state index < -0.39 is 0 Å². The van der Waals surface area contributed by atoms with Gasteiger partial charge in [0.15, 0.2) is 0 Å². The monoisotopic (exact) mass is 213 g/mol. The van der Waals surface area contributed by atoms with E-state index in [0.29, 0.717) is 5.02 Å². The van der Waals surface area contributed by atoms with Crippen LogP contribution in [0, 0.1) is 11.2 Å². The average Bonchev–Trinajstić information content (AvgIpc) is 2.00. The van der Waals surface area contributed by atoms with Gasteiger partial charge in [0.2, 0.25) is 0 Å². The molecule has 1 heterocycles. The highest BCUT2D eigenvalue weighted by atomic mass is 35.5. The molecule has 0 bridgehead atoms. The quantitative estimate of drug-likeness (QED) is 0.756. The first kappa shape index (κ1) is 9.94. The van der Waals surface area contributed by atoms with Crippen molar-refractivity contribution in [3.8, 4) is 0 Å². The fraction of sp³-hybridized carbons (Fsp3) is 0.455. The molecular weight excluding hydrogens is 201 g/mol. The van der Waals surface area contributed by atoms with Gasteiger partial charge in [0.25, 0.3) is 0 Å². The van der Waals surface area contributed by atoms with E-state index in [-0.39, 0.29) is 17.3 Å². The Bertz CT molecular complexity index is 342. The van der Waals surface area contributed by atoms with Gasteiger partial charge in [-0.1, -0.05) is 25.4 Å². The SMILES string of the molecule is CC1(C)CNC1c1cc(F)cc(Cl)c1. The molecular formula is C11H13ClFN. The number of hydrogen-bond donors (Lipinski definition) is 1. The summed E-state index contributed by atoms with van der Waals surface area (Å²) in [6.07, 6.45) is 0. The number of nitrogens with one attached hydrogen (secondary N) is 1. The van der Waals surface area contributed by atoms with Crippen molar-refractivity contribution in [1.29, 1.82) is 0 Å². The normalized spacial score (nSPS) is 24.4. The Kier molecular flexibility index (Phi) is 2.28. The molecule has 1 aromatic carbocycles. The average molecular weight is 214 g/mol. The minimum atomic E-state index is -0.267. The smallest absolute Gasteiger partial charge is 0.125 e. The molecule has 2 rings (SSSR count). The molecule has 1 N–H and O–H groups in total. The third-order valence-corrected chi connectivity index (χ3v) is 2.98. The van der Waals surface area contributed by atoms with E-state index in [1.165, 1.54) is 6.07 Å². The molecule has 0 aliphatic carbocycles. The zero-order valence-corrected chi connectivity index (χ0v) is 9.03. The predicted octanol–water partition coefficient (Wildman–Crippen LogP) is 3.15. The molecule has 14 heavy (non-hydrogen) atoms. The number of benzene rings is 1. The van der Waals surface area contributed by atoms with Crippen LogP contribution in [0.5, 0.6) is 0 Å². The summed E-state index contributed by atoms with van der Waals surface area (Å²) in [5.74, 6) is -0.267. The Hall–Kier alpha value is -0.600. The zero-order chi connectivity index (χ0) is 10.3. The zero-order valence-electron chi connectivity index (χ0n) is 8.27. The van der Waals surface area contributed by atoms with Crippen molar-refractivity contribution in [2.45, 2.75) is 19.9 Å². The Labute approximate surface area is 88.3 Å². The van der Waals surface area contributed by atoms with Crippen LogP contribution >= 0.6 is 11.6 Å². The molecule has 0 spiro atoms. The highest BCUT2D eigenvalue weighted by Gasteiger charge is 2.39. The third kappa shape index (κ3) is 1.64. The first-order valence-electron chi connectivity index (χ1n) is 4.68. The fourth-order valence-electron chi connectivity index (χ4n) is 1.92. The van der Waals surface area contributed by atoms with Crippen molar-refractivity contribution >= 4 is 11.6 Å². The van der Waals surface area contributed by atoms with Crippen LogP contribution in [-0.2, 0) is 0 Å². The van der Waals surface area contributed by atoms with Crippen molar-refractivity contribution in [1.82, 2.24) is 5.32 Å². The lowest BCUT2D eigenvalue weighted by Crippen LogP contribution is -2.52. The lowest BCUT2D eigenvalue weighted by atomic mass is 9.74. The summed E-state index contributed by atoms with van der Waals surface area (Å²) in [5, 5.41) is 3.74. The van der Waals surface area contributed by atoms with Crippen molar-refractivity contribution in [2.75, 3.05) is 6.54 Å². The Morgan fingerprint density at radius 3 is 2.57 bits per heavy atom. The van der Waals surface area contributed by atoms with Crippen LogP contribution in [0.15, 0.2) is 18.2 Å². The van der Waals surface area contributed by atoms with Gasteiger partial charge >= 0.3 is 0 Å². The maximum absolute atomic E-state index is 13.1. The first-order chi connectivity index (χ1) is 6.49. The maximum atomic E-state index is 13.1. The van der Waals surface area contributed by atoms with E-state index in [9.17, 15) is 4.39 Å². The Morgan fingerprint density at radius 2 is 2.14 bits per heavy atom. The summed E-state index contributed by atoms with van der Waals surface area (Å²) >= 11 is 5.80. The van der Waals surface area contributed by atoms with Crippen LogP contribution in [0.2, 0.25) is 5.02 Å². The standard InChI is InChI=1S/C11H13ClFN/c1-11(2)6-14-10(11)7-3-8(12)5-9(13)4-7/h3-5,10,14H,6H2,1-2H3. The Morgan fingerprint density at radius 1 is 1.43 bits per heavy atom. The molecule has 1 aliphatic heterocycles. The largest absolute Gasteiger partial charge is 0.309 e. The van der Waals surface area contributed by atoms with Crippen LogP contribution in [-0.4, -0.2) is 6.54 Å². The van der Waals surface area contributed by atoms with Crippen LogP contribution in [0.3, 0.4) is 0 Å². The van der Waals surface area contributed by atoms with Crippen molar-refractivity contribution < 1.29 is 4.39 Å². The van der Waals surface area contributed by atoms with Crippen molar-refractivity contribution in [2.24, 2.45) is 5.41 Å². The molecule has 76 valence electrons. The summed E-state index contributed by atoms with van der Waals surface area (Å²) in [4.78, 5) is 0. The summed E-state index contributed by atoms with van der Waals surface area (Å²) in [7, 11) is 0. The second kappa shape index (κ2) is 3.21. The number of halogens is 2. The fourth-order valence-corrected chi connectivity index (χ4v) is 2.15. The Balaban J connectivity index is 2.33. The molecule has 1 aromatic rings. The van der Waals surface area contributed by atoms with E-state index in [2.05, 4.69) is 19.2 Å². The van der Waals surface area contributed by atoms with Gasteiger partial charge in [-0.05, 0) is 29.2 Å². The molecule has 1 unspecified atom stereocenters.